The summed E-state index contributed by atoms with van der Waals surface area (Å²) in [7, 11) is 0. The van der Waals surface area contributed by atoms with E-state index in [0.717, 1.165) is 25.9 Å². The summed E-state index contributed by atoms with van der Waals surface area (Å²) in [4.78, 5) is 10.7. The number of rotatable bonds is 3. The zero-order valence-corrected chi connectivity index (χ0v) is 7.45. The van der Waals surface area contributed by atoms with Crippen LogP contribution in [0, 0.1) is 5.92 Å². The molecule has 1 saturated heterocycles. The van der Waals surface area contributed by atoms with Crippen LogP contribution in [0.15, 0.2) is 0 Å². The molecule has 0 saturated carbocycles. The Labute approximate surface area is 72.7 Å². The molecule has 0 radical (unpaired) electrons. The lowest BCUT2D eigenvalue weighted by Crippen LogP contribution is -2.32. The van der Waals surface area contributed by atoms with Gasteiger partial charge in [0.15, 0.2) is 0 Å². The van der Waals surface area contributed by atoms with E-state index in [0.29, 0.717) is 6.42 Å². The highest BCUT2D eigenvalue weighted by Gasteiger charge is 2.28. The van der Waals surface area contributed by atoms with Crippen LogP contribution in [-0.4, -0.2) is 23.8 Å². The molecule has 0 amide bonds. The van der Waals surface area contributed by atoms with E-state index in [-0.39, 0.29) is 12.0 Å². The van der Waals surface area contributed by atoms with Crippen LogP contribution < -0.4 is 0 Å². The van der Waals surface area contributed by atoms with Gasteiger partial charge in [-0.25, -0.2) is 0 Å². The van der Waals surface area contributed by atoms with Crippen molar-refractivity contribution in [1.82, 2.24) is 0 Å². The van der Waals surface area contributed by atoms with E-state index in [4.69, 9.17) is 9.84 Å². The SMILES string of the molecule is CCC(C(=O)O)C1CCCCO1. The molecule has 1 N–H and O–H groups in total. The van der Waals surface area contributed by atoms with Gasteiger partial charge in [0.2, 0.25) is 0 Å². The molecule has 12 heavy (non-hydrogen) atoms. The average Bonchev–Trinajstić information content (AvgIpc) is 2.07. The maximum atomic E-state index is 10.7. The molecule has 1 fully saturated rings. The highest BCUT2D eigenvalue weighted by atomic mass is 16.5. The number of aliphatic carboxylic acids is 1. The summed E-state index contributed by atoms with van der Waals surface area (Å²) < 4.78 is 5.41. The third-order valence-electron chi connectivity index (χ3n) is 2.42. The van der Waals surface area contributed by atoms with E-state index < -0.39 is 5.97 Å². The van der Waals surface area contributed by atoms with Gasteiger partial charge in [0.05, 0.1) is 12.0 Å². The summed E-state index contributed by atoms with van der Waals surface area (Å²) in [6.07, 6.45) is 3.72. The van der Waals surface area contributed by atoms with Crippen molar-refractivity contribution in [2.24, 2.45) is 5.92 Å². The average molecular weight is 172 g/mol. The lowest BCUT2D eigenvalue weighted by atomic mass is 9.94. The van der Waals surface area contributed by atoms with Gasteiger partial charge < -0.3 is 9.84 Å². The van der Waals surface area contributed by atoms with Gasteiger partial charge in [0.25, 0.3) is 0 Å². The van der Waals surface area contributed by atoms with E-state index in [1.165, 1.54) is 0 Å². The van der Waals surface area contributed by atoms with Crippen molar-refractivity contribution >= 4 is 5.97 Å². The van der Waals surface area contributed by atoms with Crippen LogP contribution in [0.5, 0.6) is 0 Å². The Balaban J connectivity index is 2.46. The quantitative estimate of drug-likeness (QED) is 0.704. The number of carbonyl (C=O) groups is 1. The summed E-state index contributed by atoms with van der Waals surface area (Å²) >= 11 is 0. The van der Waals surface area contributed by atoms with E-state index in [1.807, 2.05) is 6.92 Å². The van der Waals surface area contributed by atoms with Gasteiger partial charge in [-0.05, 0) is 25.7 Å². The van der Waals surface area contributed by atoms with Crippen LogP contribution in [0.3, 0.4) is 0 Å². The molecular weight excluding hydrogens is 156 g/mol. The highest BCUT2D eigenvalue weighted by molar-refractivity contribution is 5.70. The zero-order chi connectivity index (χ0) is 8.97. The third-order valence-corrected chi connectivity index (χ3v) is 2.42. The fourth-order valence-electron chi connectivity index (χ4n) is 1.68. The first-order valence-corrected chi connectivity index (χ1v) is 4.60. The van der Waals surface area contributed by atoms with Gasteiger partial charge in [0.1, 0.15) is 0 Å². The topological polar surface area (TPSA) is 46.5 Å². The molecule has 1 rings (SSSR count). The monoisotopic (exact) mass is 172 g/mol. The molecule has 0 spiro atoms. The van der Waals surface area contributed by atoms with Crippen LogP contribution in [0.4, 0.5) is 0 Å². The summed E-state index contributed by atoms with van der Waals surface area (Å²) in [5.74, 6) is -1.02. The first kappa shape index (κ1) is 9.52. The Hall–Kier alpha value is -0.570. The van der Waals surface area contributed by atoms with Crippen molar-refractivity contribution in [3.8, 4) is 0 Å². The minimum absolute atomic E-state index is 0.0405. The van der Waals surface area contributed by atoms with E-state index in [1.54, 1.807) is 0 Å². The van der Waals surface area contributed by atoms with E-state index >= 15 is 0 Å². The zero-order valence-electron chi connectivity index (χ0n) is 7.45. The van der Waals surface area contributed by atoms with Crippen molar-refractivity contribution in [2.45, 2.75) is 38.7 Å². The van der Waals surface area contributed by atoms with Crippen molar-refractivity contribution in [2.75, 3.05) is 6.61 Å². The summed E-state index contributed by atoms with van der Waals surface area (Å²) in [5, 5.41) is 8.85. The van der Waals surface area contributed by atoms with Crippen molar-refractivity contribution in [1.29, 1.82) is 0 Å². The molecule has 0 aromatic rings. The Kier molecular flexibility index (Phi) is 3.53. The number of hydrogen-bond acceptors (Lipinski definition) is 2. The number of carboxylic acids is 1. The molecule has 2 unspecified atom stereocenters. The van der Waals surface area contributed by atoms with Crippen LogP contribution in [-0.2, 0) is 9.53 Å². The van der Waals surface area contributed by atoms with Gasteiger partial charge in [-0.15, -0.1) is 0 Å². The van der Waals surface area contributed by atoms with Crippen molar-refractivity contribution in [3.63, 3.8) is 0 Å². The summed E-state index contributed by atoms with van der Waals surface area (Å²) in [6, 6.07) is 0. The second kappa shape index (κ2) is 4.45. The van der Waals surface area contributed by atoms with Crippen LogP contribution >= 0.6 is 0 Å². The maximum absolute atomic E-state index is 10.7. The van der Waals surface area contributed by atoms with Crippen LogP contribution in [0.2, 0.25) is 0 Å². The molecule has 70 valence electrons. The predicted molar refractivity (Wildman–Crippen MR) is 45.0 cm³/mol. The van der Waals surface area contributed by atoms with Gasteiger partial charge in [-0.1, -0.05) is 6.92 Å². The van der Waals surface area contributed by atoms with E-state index in [9.17, 15) is 4.79 Å². The van der Waals surface area contributed by atoms with E-state index in [2.05, 4.69) is 0 Å². The number of hydrogen-bond donors (Lipinski definition) is 1. The Morgan fingerprint density at radius 3 is 2.83 bits per heavy atom. The molecule has 0 aromatic carbocycles. The van der Waals surface area contributed by atoms with Crippen LogP contribution in [0.25, 0.3) is 0 Å². The van der Waals surface area contributed by atoms with Gasteiger partial charge >= 0.3 is 5.97 Å². The largest absolute Gasteiger partial charge is 0.481 e. The molecule has 3 nitrogen and oxygen atoms in total. The normalized spacial score (nSPS) is 26.6. The molecule has 3 heteroatoms. The third kappa shape index (κ3) is 2.21. The predicted octanol–water partition coefficient (Wildman–Crippen LogP) is 1.67. The lowest BCUT2D eigenvalue weighted by Gasteiger charge is -2.26. The second-order valence-corrected chi connectivity index (χ2v) is 3.26. The fraction of sp³-hybridized carbons (Fsp3) is 0.889. The molecule has 1 aliphatic heterocycles. The Morgan fingerprint density at radius 1 is 1.67 bits per heavy atom. The standard InChI is InChI=1S/C9H16O3/c1-2-7(9(10)11)8-5-3-4-6-12-8/h7-8H,2-6H2,1H3,(H,10,11). The summed E-state index contributed by atoms with van der Waals surface area (Å²) in [5.41, 5.74) is 0. The minimum Gasteiger partial charge on any atom is -0.481 e. The molecule has 1 heterocycles. The Bertz CT molecular complexity index is 150. The number of carboxylic acid groups (broad SMARTS) is 1. The summed E-state index contributed by atoms with van der Waals surface area (Å²) in [6.45, 7) is 2.63. The molecule has 0 bridgehead atoms. The van der Waals surface area contributed by atoms with Gasteiger partial charge in [0, 0.05) is 6.61 Å². The van der Waals surface area contributed by atoms with Crippen molar-refractivity contribution in [3.05, 3.63) is 0 Å². The fourth-order valence-corrected chi connectivity index (χ4v) is 1.68. The Morgan fingerprint density at radius 2 is 2.42 bits per heavy atom. The number of ether oxygens (including phenoxy) is 1. The molecule has 1 aliphatic rings. The van der Waals surface area contributed by atoms with Crippen molar-refractivity contribution < 1.29 is 14.6 Å². The lowest BCUT2D eigenvalue weighted by molar-refractivity contribution is -0.149. The maximum Gasteiger partial charge on any atom is 0.309 e. The van der Waals surface area contributed by atoms with Gasteiger partial charge in [-0.3, -0.25) is 4.79 Å². The van der Waals surface area contributed by atoms with Gasteiger partial charge in [-0.2, -0.15) is 0 Å². The molecule has 0 aliphatic carbocycles. The molecule has 2 atom stereocenters. The van der Waals surface area contributed by atoms with Crippen LogP contribution in [0.1, 0.15) is 32.6 Å². The highest BCUT2D eigenvalue weighted by Crippen LogP contribution is 2.22. The smallest absolute Gasteiger partial charge is 0.309 e. The minimum atomic E-state index is -0.718. The first-order valence-electron chi connectivity index (χ1n) is 4.60. The molecular formula is C9H16O3. The second-order valence-electron chi connectivity index (χ2n) is 3.26. The first-order chi connectivity index (χ1) is 5.75. The molecule has 0 aromatic heterocycles.